The predicted molar refractivity (Wildman–Crippen MR) is 59.3 cm³/mol. The van der Waals surface area contributed by atoms with E-state index in [1.54, 1.807) is 26.4 Å². The molecule has 6 heteroatoms. The number of nitrogens with one attached hydrogen (secondary N) is 1. The molecule has 0 fully saturated rings. The number of aromatic nitrogens is 3. The van der Waals surface area contributed by atoms with Crippen molar-refractivity contribution in [3.63, 3.8) is 0 Å². The van der Waals surface area contributed by atoms with E-state index < -0.39 is 0 Å². The van der Waals surface area contributed by atoms with Gasteiger partial charge < -0.3 is 15.2 Å². The molecule has 0 aliphatic heterocycles. The molecule has 0 saturated carbocycles. The fraction of sp³-hybridized carbons (Fsp3) is 0.200. The zero-order valence-electron chi connectivity index (χ0n) is 9.02. The van der Waals surface area contributed by atoms with E-state index in [-0.39, 0.29) is 0 Å². The van der Waals surface area contributed by atoms with E-state index in [0.717, 1.165) is 5.56 Å². The summed E-state index contributed by atoms with van der Waals surface area (Å²) < 4.78 is 10.3. The van der Waals surface area contributed by atoms with Gasteiger partial charge in [-0.3, -0.25) is 5.10 Å². The van der Waals surface area contributed by atoms with Crippen molar-refractivity contribution in [2.24, 2.45) is 0 Å². The molecule has 0 radical (unpaired) electrons. The minimum Gasteiger partial charge on any atom is -0.493 e. The SMILES string of the molecule is COc1cc(N)c(-c2ncn[nH]2)cc1OC. The van der Waals surface area contributed by atoms with Crippen LogP contribution in [0.1, 0.15) is 0 Å². The van der Waals surface area contributed by atoms with Gasteiger partial charge in [0, 0.05) is 17.3 Å². The van der Waals surface area contributed by atoms with E-state index in [2.05, 4.69) is 15.2 Å². The number of methoxy groups -OCH3 is 2. The number of benzene rings is 1. The zero-order chi connectivity index (χ0) is 11.5. The monoisotopic (exact) mass is 220 g/mol. The molecule has 1 heterocycles. The Kier molecular flexibility index (Phi) is 2.63. The van der Waals surface area contributed by atoms with E-state index in [1.165, 1.54) is 6.33 Å². The maximum absolute atomic E-state index is 5.89. The zero-order valence-corrected chi connectivity index (χ0v) is 9.02. The van der Waals surface area contributed by atoms with Crippen LogP contribution in [0, 0.1) is 0 Å². The molecule has 1 aromatic carbocycles. The van der Waals surface area contributed by atoms with Gasteiger partial charge in [0.15, 0.2) is 17.3 Å². The van der Waals surface area contributed by atoms with Crippen LogP contribution < -0.4 is 15.2 Å². The first-order valence-electron chi connectivity index (χ1n) is 4.63. The van der Waals surface area contributed by atoms with Crippen molar-refractivity contribution in [2.75, 3.05) is 20.0 Å². The summed E-state index contributed by atoms with van der Waals surface area (Å²) in [4.78, 5) is 4.04. The summed E-state index contributed by atoms with van der Waals surface area (Å²) in [6.45, 7) is 0. The lowest BCUT2D eigenvalue weighted by Crippen LogP contribution is -1.96. The lowest BCUT2D eigenvalue weighted by Gasteiger charge is -2.10. The Labute approximate surface area is 92.4 Å². The number of H-pyrrole nitrogens is 1. The molecule has 0 bridgehead atoms. The van der Waals surface area contributed by atoms with Crippen molar-refractivity contribution in [3.8, 4) is 22.9 Å². The Hall–Kier alpha value is -2.24. The summed E-state index contributed by atoms with van der Waals surface area (Å²) >= 11 is 0. The Morgan fingerprint density at radius 1 is 1.19 bits per heavy atom. The summed E-state index contributed by atoms with van der Waals surface area (Å²) in [5, 5.41) is 6.52. The van der Waals surface area contributed by atoms with Crippen LogP contribution in [0.2, 0.25) is 0 Å². The highest BCUT2D eigenvalue weighted by molar-refractivity contribution is 5.75. The molecule has 0 amide bonds. The second kappa shape index (κ2) is 4.09. The van der Waals surface area contributed by atoms with E-state index in [0.29, 0.717) is 23.0 Å². The number of ether oxygens (including phenoxy) is 2. The second-order valence-corrected chi connectivity index (χ2v) is 3.13. The lowest BCUT2D eigenvalue weighted by atomic mass is 10.1. The predicted octanol–water partition coefficient (Wildman–Crippen LogP) is 1.07. The van der Waals surface area contributed by atoms with Crippen LogP contribution in [-0.4, -0.2) is 29.4 Å². The molecule has 0 saturated heterocycles. The summed E-state index contributed by atoms with van der Waals surface area (Å²) in [5.74, 6) is 1.78. The van der Waals surface area contributed by atoms with Crippen LogP contribution >= 0.6 is 0 Å². The van der Waals surface area contributed by atoms with Gasteiger partial charge in [-0.2, -0.15) is 5.10 Å². The van der Waals surface area contributed by atoms with E-state index >= 15 is 0 Å². The Bertz CT molecular complexity index is 482. The molecular formula is C10H12N4O2. The van der Waals surface area contributed by atoms with Crippen LogP contribution in [0.5, 0.6) is 11.5 Å². The molecule has 16 heavy (non-hydrogen) atoms. The minimum absolute atomic E-state index is 0.550. The first-order chi connectivity index (χ1) is 7.76. The molecule has 3 N–H and O–H groups in total. The molecule has 0 spiro atoms. The third-order valence-electron chi connectivity index (χ3n) is 2.23. The third-order valence-corrected chi connectivity index (χ3v) is 2.23. The first-order valence-corrected chi connectivity index (χ1v) is 4.63. The molecule has 0 unspecified atom stereocenters. The maximum atomic E-state index is 5.89. The van der Waals surface area contributed by atoms with Crippen LogP contribution in [-0.2, 0) is 0 Å². The van der Waals surface area contributed by atoms with Crippen molar-refractivity contribution in [1.82, 2.24) is 15.2 Å². The second-order valence-electron chi connectivity index (χ2n) is 3.13. The Morgan fingerprint density at radius 2 is 1.88 bits per heavy atom. The normalized spacial score (nSPS) is 10.1. The standard InChI is InChI=1S/C10H12N4O2/c1-15-8-3-6(10-12-5-13-14-10)7(11)4-9(8)16-2/h3-5H,11H2,1-2H3,(H,12,13,14). The Morgan fingerprint density at radius 3 is 2.44 bits per heavy atom. The highest BCUT2D eigenvalue weighted by Crippen LogP contribution is 2.35. The lowest BCUT2D eigenvalue weighted by molar-refractivity contribution is 0.355. The van der Waals surface area contributed by atoms with Crippen molar-refractivity contribution in [2.45, 2.75) is 0 Å². The molecule has 0 atom stereocenters. The van der Waals surface area contributed by atoms with Crippen molar-refractivity contribution in [1.29, 1.82) is 0 Å². The molecule has 0 aliphatic carbocycles. The van der Waals surface area contributed by atoms with Crippen molar-refractivity contribution >= 4 is 5.69 Å². The number of nitrogens with zero attached hydrogens (tertiary/aromatic N) is 2. The first kappa shape index (κ1) is 10.3. The smallest absolute Gasteiger partial charge is 0.162 e. The van der Waals surface area contributed by atoms with E-state index in [4.69, 9.17) is 15.2 Å². The van der Waals surface area contributed by atoms with Crippen LogP contribution in [0.25, 0.3) is 11.4 Å². The third kappa shape index (κ3) is 1.65. The van der Waals surface area contributed by atoms with Gasteiger partial charge in [-0.1, -0.05) is 0 Å². The fourth-order valence-corrected chi connectivity index (χ4v) is 1.44. The summed E-state index contributed by atoms with van der Waals surface area (Å²) in [7, 11) is 3.13. The number of nitrogen functional groups attached to an aromatic ring is 1. The van der Waals surface area contributed by atoms with Gasteiger partial charge in [0.2, 0.25) is 0 Å². The van der Waals surface area contributed by atoms with Gasteiger partial charge in [0.1, 0.15) is 6.33 Å². The molecule has 2 rings (SSSR count). The van der Waals surface area contributed by atoms with Gasteiger partial charge >= 0.3 is 0 Å². The molecule has 2 aromatic rings. The summed E-state index contributed by atoms with van der Waals surface area (Å²) in [5.41, 5.74) is 7.17. The van der Waals surface area contributed by atoms with Gasteiger partial charge in [-0.25, -0.2) is 4.98 Å². The number of aromatic amines is 1. The highest BCUT2D eigenvalue weighted by atomic mass is 16.5. The average molecular weight is 220 g/mol. The topological polar surface area (TPSA) is 86.0 Å². The molecule has 0 aliphatic rings. The molecular weight excluding hydrogens is 208 g/mol. The number of rotatable bonds is 3. The maximum Gasteiger partial charge on any atom is 0.162 e. The molecule has 1 aromatic heterocycles. The fourth-order valence-electron chi connectivity index (χ4n) is 1.44. The summed E-state index contributed by atoms with van der Waals surface area (Å²) in [6, 6.07) is 3.45. The van der Waals surface area contributed by atoms with Crippen molar-refractivity contribution < 1.29 is 9.47 Å². The average Bonchev–Trinajstić information content (AvgIpc) is 2.82. The van der Waals surface area contributed by atoms with Gasteiger partial charge in [-0.05, 0) is 6.07 Å². The number of hydrogen-bond acceptors (Lipinski definition) is 5. The van der Waals surface area contributed by atoms with Gasteiger partial charge in [-0.15, -0.1) is 0 Å². The molecule has 84 valence electrons. The summed E-state index contributed by atoms with van der Waals surface area (Å²) in [6.07, 6.45) is 1.42. The number of nitrogens with two attached hydrogens (primary N) is 1. The van der Waals surface area contributed by atoms with Crippen molar-refractivity contribution in [3.05, 3.63) is 18.5 Å². The Balaban J connectivity index is 2.55. The highest BCUT2D eigenvalue weighted by Gasteiger charge is 2.12. The van der Waals surface area contributed by atoms with Crippen LogP contribution in [0.4, 0.5) is 5.69 Å². The van der Waals surface area contributed by atoms with E-state index in [9.17, 15) is 0 Å². The van der Waals surface area contributed by atoms with Crippen LogP contribution in [0.15, 0.2) is 18.5 Å². The number of hydrogen-bond donors (Lipinski definition) is 2. The molecule has 6 nitrogen and oxygen atoms in total. The number of anilines is 1. The quantitative estimate of drug-likeness (QED) is 0.755. The van der Waals surface area contributed by atoms with E-state index in [1.807, 2.05) is 0 Å². The largest absolute Gasteiger partial charge is 0.493 e. The minimum atomic E-state index is 0.550. The van der Waals surface area contributed by atoms with Gasteiger partial charge in [0.05, 0.1) is 14.2 Å². The van der Waals surface area contributed by atoms with Gasteiger partial charge in [0.25, 0.3) is 0 Å². The van der Waals surface area contributed by atoms with Crippen LogP contribution in [0.3, 0.4) is 0 Å².